The molecule has 0 spiro atoms. The van der Waals surface area contributed by atoms with E-state index in [9.17, 15) is 4.79 Å². The largest absolute Gasteiger partial charge is 0.488 e. The van der Waals surface area contributed by atoms with Gasteiger partial charge >= 0.3 is 0 Å². The van der Waals surface area contributed by atoms with E-state index in [2.05, 4.69) is 11.1 Å². The van der Waals surface area contributed by atoms with Crippen LogP contribution in [-0.4, -0.2) is 35.5 Å². The zero-order valence-corrected chi connectivity index (χ0v) is 12.7. The van der Waals surface area contributed by atoms with Gasteiger partial charge in [0.2, 0.25) is 5.91 Å². The molecule has 0 radical (unpaired) electrons. The zero-order chi connectivity index (χ0) is 15.4. The number of aromatic nitrogens is 1. The summed E-state index contributed by atoms with van der Waals surface area (Å²) >= 11 is 0. The second-order valence-electron chi connectivity index (χ2n) is 5.69. The van der Waals surface area contributed by atoms with E-state index < -0.39 is 0 Å². The van der Waals surface area contributed by atoms with Crippen molar-refractivity contribution in [3.05, 3.63) is 59.9 Å². The van der Waals surface area contributed by atoms with Gasteiger partial charge in [-0.05, 0) is 29.7 Å². The number of hydrogen-bond donors (Lipinski definition) is 0. The molecule has 0 N–H and O–H groups in total. The Bertz CT molecular complexity index is 618. The van der Waals surface area contributed by atoms with Crippen LogP contribution >= 0.6 is 0 Å². The Labute approximate surface area is 130 Å². The third-order valence-corrected chi connectivity index (χ3v) is 3.97. The van der Waals surface area contributed by atoms with Gasteiger partial charge in [0.15, 0.2) is 0 Å². The molecular formula is C18H20N2O2. The fourth-order valence-electron chi connectivity index (χ4n) is 2.75. The van der Waals surface area contributed by atoms with Crippen LogP contribution in [0.15, 0.2) is 48.8 Å². The SMILES string of the molecule is CN(C[C@H]1Cc2ccccc2O1)C(=O)CCc1cccnc1. The van der Waals surface area contributed by atoms with Crippen LogP contribution in [0, 0.1) is 0 Å². The quantitative estimate of drug-likeness (QED) is 0.851. The Kier molecular flexibility index (Phi) is 4.37. The van der Waals surface area contributed by atoms with Crippen LogP contribution in [0.2, 0.25) is 0 Å². The van der Waals surface area contributed by atoms with Crippen molar-refractivity contribution < 1.29 is 9.53 Å². The molecule has 3 rings (SSSR count). The van der Waals surface area contributed by atoms with Gasteiger partial charge in [0, 0.05) is 32.3 Å². The molecule has 1 aliphatic heterocycles. The summed E-state index contributed by atoms with van der Waals surface area (Å²) < 4.78 is 5.89. The molecule has 1 atom stereocenters. The predicted molar refractivity (Wildman–Crippen MR) is 84.8 cm³/mol. The Morgan fingerprint density at radius 1 is 1.32 bits per heavy atom. The molecule has 1 aromatic carbocycles. The number of amides is 1. The Balaban J connectivity index is 1.48. The number of hydrogen-bond acceptors (Lipinski definition) is 3. The highest BCUT2D eigenvalue weighted by molar-refractivity contribution is 5.76. The molecule has 1 aliphatic rings. The molecule has 0 fully saturated rings. The molecule has 2 heterocycles. The van der Waals surface area contributed by atoms with Crippen molar-refractivity contribution in [1.82, 2.24) is 9.88 Å². The molecule has 2 aromatic rings. The molecule has 0 saturated heterocycles. The molecule has 0 unspecified atom stereocenters. The van der Waals surface area contributed by atoms with Gasteiger partial charge in [0.05, 0.1) is 6.54 Å². The zero-order valence-electron chi connectivity index (χ0n) is 12.7. The lowest BCUT2D eigenvalue weighted by Gasteiger charge is -2.21. The van der Waals surface area contributed by atoms with Crippen molar-refractivity contribution in [2.45, 2.75) is 25.4 Å². The molecule has 4 heteroatoms. The van der Waals surface area contributed by atoms with Crippen LogP contribution in [0.25, 0.3) is 0 Å². The van der Waals surface area contributed by atoms with Crippen molar-refractivity contribution in [3.8, 4) is 5.75 Å². The standard InChI is InChI=1S/C18H20N2O2/c1-20(18(21)9-8-14-5-4-10-19-12-14)13-16-11-15-6-2-3-7-17(15)22-16/h2-7,10,12,16H,8-9,11,13H2,1H3/t16-/m1/s1. The summed E-state index contributed by atoms with van der Waals surface area (Å²) in [4.78, 5) is 18.1. The molecular weight excluding hydrogens is 276 g/mol. The van der Waals surface area contributed by atoms with E-state index in [1.807, 2.05) is 43.6 Å². The summed E-state index contributed by atoms with van der Waals surface area (Å²) in [6.07, 6.45) is 5.71. The van der Waals surface area contributed by atoms with Gasteiger partial charge in [0.25, 0.3) is 0 Å². The van der Waals surface area contributed by atoms with Crippen LogP contribution in [0.4, 0.5) is 0 Å². The van der Waals surface area contributed by atoms with Crippen LogP contribution in [0.1, 0.15) is 17.5 Å². The highest BCUT2D eigenvalue weighted by atomic mass is 16.5. The summed E-state index contributed by atoms with van der Waals surface area (Å²) in [5.41, 5.74) is 2.32. The van der Waals surface area contributed by atoms with Crippen molar-refractivity contribution in [1.29, 1.82) is 0 Å². The summed E-state index contributed by atoms with van der Waals surface area (Å²) in [5, 5.41) is 0. The Hall–Kier alpha value is -2.36. The summed E-state index contributed by atoms with van der Waals surface area (Å²) in [5.74, 6) is 1.09. The minimum absolute atomic E-state index is 0.0599. The number of rotatable bonds is 5. The topological polar surface area (TPSA) is 42.4 Å². The second-order valence-corrected chi connectivity index (χ2v) is 5.69. The molecule has 0 saturated carbocycles. The van der Waals surface area contributed by atoms with E-state index in [4.69, 9.17) is 4.74 Å². The van der Waals surface area contributed by atoms with Crippen molar-refractivity contribution in [3.63, 3.8) is 0 Å². The van der Waals surface area contributed by atoms with Crippen LogP contribution in [0.5, 0.6) is 5.75 Å². The lowest BCUT2D eigenvalue weighted by atomic mass is 10.1. The maximum atomic E-state index is 12.2. The van der Waals surface area contributed by atoms with E-state index >= 15 is 0 Å². The first kappa shape index (κ1) is 14.6. The predicted octanol–water partition coefficient (Wildman–Crippen LogP) is 2.48. The highest BCUT2D eigenvalue weighted by Crippen LogP contribution is 2.28. The number of carbonyl (C=O) groups is 1. The van der Waals surface area contributed by atoms with E-state index in [-0.39, 0.29) is 12.0 Å². The lowest BCUT2D eigenvalue weighted by molar-refractivity contribution is -0.130. The number of aryl methyl sites for hydroxylation is 1. The number of likely N-dealkylation sites (N-methyl/N-ethyl adjacent to an activating group) is 1. The second kappa shape index (κ2) is 6.60. The molecule has 22 heavy (non-hydrogen) atoms. The third-order valence-electron chi connectivity index (χ3n) is 3.97. The smallest absolute Gasteiger partial charge is 0.222 e. The van der Waals surface area contributed by atoms with Crippen molar-refractivity contribution >= 4 is 5.91 Å². The van der Waals surface area contributed by atoms with Gasteiger partial charge in [-0.2, -0.15) is 0 Å². The number of para-hydroxylation sites is 1. The summed E-state index contributed by atoms with van der Waals surface area (Å²) in [6.45, 7) is 0.626. The molecule has 4 nitrogen and oxygen atoms in total. The van der Waals surface area contributed by atoms with Gasteiger partial charge < -0.3 is 9.64 Å². The van der Waals surface area contributed by atoms with Gasteiger partial charge in [-0.1, -0.05) is 24.3 Å². The first-order chi connectivity index (χ1) is 10.7. The van der Waals surface area contributed by atoms with Crippen LogP contribution < -0.4 is 4.74 Å². The van der Waals surface area contributed by atoms with E-state index in [1.54, 1.807) is 11.1 Å². The number of pyridine rings is 1. The maximum Gasteiger partial charge on any atom is 0.222 e. The molecule has 0 aliphatic carbocycles. The maximum absolute atomic E-state index is 12.2. The van der Waals surface area contributed by atoms with Crippen LogP contribution in [-0.2, 0) is 17.6 Å². The number of fused-ring (bicyclic) bond motifs is 1. The lowest BCUT2D eigenvalue weighted by Crippen LogP contribution is -2.36. The molecule has 0 bridgehead atoms. The number of ether oxygens (including phenoxy) is 1. The number of carbonyl (C=O) groups excluding carboxylic acids is 1. The fourth-order valence-corrected chi connectivity index (χ4v) is 2.75. The number of benzene rings is 1. The summed E-state index contributed by atoms with van der Waals surface area (Å²) in [7, 11) is 1.85. The molecule has 114 valence electrons. The van der Waals surface area contributed by atoms with Crippen molar-refractivity contribution in [2.75, 3.05) is 13.6 Å². The monoisotopic (exact) mass is 296 g/mol. The normalized spacial score (nSPS) is 16.0. The average molecular weight is 296 g/mol. The highest BCUT2D eigenvalue weighted by Gasteiger charge is 2.24. The Morgan fingerprint density at radius 2 is 2.18 bits per heavy atom. The number of nitrogens with zero attached hydrogens (tertiary/aromatic N) is 2. The first-order valence-electron chi connectivity index (χ1n) is 7.60. The van der Waals surface area contributed by atoms with Gasteiger partial charge in [-0.15, -0.1) is 0 Å². The van der Waals surface area contributed by atoms with Gasteiger partial charge in [-0.3, -0.25) is 9.78 Å². The fraction of sp³-hybridized carbons (Fsp3) is 0.333. The minimum Gasteiger partial charge on any atom is -0.488 e. The van der Waals surface area contributed by atoms with E-state index in [1.165, 1.54) is 5.56 Å². The summed E-state index contributed by atoms with van der Waals surface area (Å²) in [6, 6.07) is 12.0. The average Bonchev–Trinajstić information content (AvgIpc) is 2.95. The van der Waals surface area contributed by atoms with Gasteiger partial charge in [-0.25, -0.2) is 0 Å². The molecule has 1 amide bonds. The minimum atomic E-state index is 0.0599. The third kappa shape index (κ3) is 3.45. The van der Waals surface area contributed by atoms with E-state index in [0.29, 0.717) is 13.0 Å². The van der Waals surface area contributed by atoms with Crippen molar-refractivity contribution in [2.24, 2.45) is 0 Å². The Morgan fingerprint density at radius 3 is 2.95 bits per heavy atom. The molecule has 1 aromatic heterocycles. The van der Waals surface area contributed by atoms with E-state index in [0.717, 1.165) is 24.2 Å². The van der Waals surface area contributed by atoms with Crippen LogP contribution in [0.3, 0.4) is 0 Å². The first-order valence-corrected chi connectivity index (χ1v) is 7.60. The van der Waals surface area contributed by atoms with Gasteiger partial charge in [0.1, 0.15) is 11.9 Å².